The Hall–Kier alpha value is -3.28. The molecule has 6 heteroatoms. The van der Waals surface area contributed by atoms with E-state index in [0.717, 1.165) is 50.1 Å². The largest absolute Gasteiger partial charge is 0.488 e. The highest BCUT2D eigenvalue weighted by molar-refractivity contribution is 5.87. The van der Waals surface area contributed by atoms with Crippen LogP contribution in [0.4, 0.5) is 4.79 Å². The molecule has 5 rings (SSSR count). The monoisotopic (exact) mass is 445 g/mol. The molecule has 0 aromatic heterocycles. The van der Waals surface area contributed by atoms with Crippen molar-refractivity contribution < 1.29 is 14.3 Å². The fourth-order valence-corrected chi connectivity index (χ4v) is 5.38. The number of carbonyl (C=O) groups excluding carboxylic acids is 2. The van der Waals surface area contributed by atoms with Gasteiger partial charge in [0, 0.05) is 38.2 Å². The number of amides is 3. The van der Waals surface area contributed by atoms with Gasteiger partial charge < -0.3 is 20.3 Å². The van der Waals surface area contributed by atoms with Crippen LogP contribution in [0, 0.1) is 5.92 Å². The molecular weight excluding hydrogens is 414 g/mol. The number of nitrogens with zero attached hydrogens (tertiary/aromatic N) is 2. The van der Waals surface area contributed by atoms with Crippen molar-refractivity contribution in [1.29, 1.82) is 0 Å². The van der Waals surface area contributed by atoms with Crippen molar-refractivity contribution in [3.8, 4) is 5.75 Å². The third-order valence-electron chi connectivity index (χ3n) is 7.29. The van der Waals surface area contributed by atoms with Gasteiger partial charge in [-0.15, -0.1) is 0 Å². The van der Waals surface area contributed by atoms with Gasteiger partial charge in [-0.2, -0.15) is 0 Å². The molecule has 0 aliphatic carbocycles. The number of nitrogens with two attached hydrogens (primary N) is 1. The molecule has 0 radical (unpaired) electrons. The molecule has 2 saturated heterocycles. The quantitative estimate of drug-likeness (QED) is 0.753. The van der Waals surface area contributed by atoms with Crippen molar-refractivity contribution in [2.24, 2.45) is 11.7 Å². The number of ether oxygens (including phenoxy) is 1. The summed E-state index contributed by atoms with van der Waals surface area (Å²) in [6.07, 6.45) is 4.03. The van der Waals surface area contributed by atoms with Crippen LogP contribution in [0.1, 0.15) is 48.8 Å². The van der Waals surface area contributed by atoms with E-state index in [0.29, 0.717) is 32.0 Å². The number of para-hydroxylation sites is 1. The van der Waals surface area contributed by atoms with Crippen LogP contribution < -0.4 is 10.5 Å². The van der Waals surface area contributed by atoms with Gasteiger partial charge in [0.25, 0.3) is 0 Å². The van der Waals surface area contributed by atoms with Crippen LogP contribution in [-0.4, -0.2) is 47.9 Å². The lowest BCUT2D eigenvalue weighted by atomic mass is 9.86. The molecule has 0 atom stereocenters. The molecular formula is C27H31N3O3. The summed E-state index contributed by atoms with van der Waals surface area (Å²) >= 11 is 0. The minimum absolute atomic E-state index is 0.238. The van der Waals surface area contributed by atoms with E-state index in [1.807, 2.05) is 17.0 Å². The fourth-order valence-electron chi connectivity index (χ4n) is 5.38. The Morgan fingerprint density at radius 2 is 1.55 bits per heavy atom. The second kappa shape index (κ2) is 9.30. The minimum atomic E-state index is -0.358. The molecule has 3 amide bonds. The molecule has 0 unspecified atom stereocenters. The molecule has 6 nitrogen and oxygen atoms in total. The predicted molar refractivity (Wildman–Crippen MR) is 128 cm³/mol. The number of benzene rings is 2. The van der Waals surface area contributed by atoms with E-state index in [2.05, 4.69) is 36.4 Å². The number of fused-ring (bicyclic) bond motifs is 2. The SMILES string of the molecule is NC(=O)N1CCC(CC(=O)N2CCC(=C3c4ccccc4COc4ccccc43)CC2)CC1. The maximum Gasteiger partial charge on any atom is 0.314 e. The number of carbonyl (C=O) groups is 2. The smallest absolute Gasteiger partial charge is 0.314 e. The molecule has 172 valence electrons. The number of hydrogen-bond donors (Lipinski definition) is 1. The zero-order valence-electron chi connectivity index (χ0n) is 19.0. The highest BCUT2D eigenvalue weighted by atomic mass is 16.5. The van der Waals surface area contributed by atoms with Gasteiger partial charge in [-0.1, -0.05) is 48.0 Å². The van der Waals surface area contributed by atoms with Gasteiger partial charge in [0.1, 0.15) is 12.4 Å². The maximum atomic E-state index is 13.0. The second-order valence-electron chi connectivity index (χ2n) is 9.27. The Labute approximate surface area is 195 Å². The average Bonchev–Trinajstić information content (AvgIpc) is 3.01. The summed E-state index contributed by atoms with van der Waals surface area (Å²) in [6, 6.07) is 16.4. The third-order valence-corrected chi connectivity index (χ3v) is 7.29. The van der Waals surface area contributed by atoms with E-state index < -0.39 is 0 Å². The summed E-state index contributed by atoms with van der Waals surface area (Å²) in [6.45, 7) is 3.39. The zero-order valence-corrected chi connectivity index (χ0v) is 19.0. The minimum Gasteiger partial charge on any atom is -0.488 e. The standard InChI is InChI=1S/C27H31N3O3/c28-27(32)30-13-9-19(10-14-30)17-25(31)29-15-11-20(12-16-29)26-22-6-2-1-5-21(22)18-33-24-8-4-3-7-23(24)26/h1-8,19H,9-18H2,(H2,28,32). The summed E-state index contributed by atoms with van der Waals surface area (Å²) in [5.74, 6) is 1.50. The van der Waals surface area contributed by atoms with Gasteiger partial charge in [-0.3, -0.25) is 4.79 Å². The third kappa shape index (κ3) is 4.47. The van der Waals surface area contributed by atoms with E-state index >= 15 is 0 Å². The number of hydrogen-bond acceptors (Lipinski definition) is 3. The fraction of sp³-hybridized carbons (Fsp3) is 0.407. The van der Waals surface area contributed by atoms with Gasteiger partial charge in [0.2, 0.25) is 5.91 Å². The van der Waals surface area contributed by atoms with Gasteiger partial charge in [-0.05, 0) is 54.4 Å². The zero-order chi connectivity index (χ0) is 22.8. The Morgan fingerprint density at radius 3 is 2.27 bits per heavy atom. The number of likely N-dealkylation sites (tertiary alicyclic amines) is 2. The molecule has 0 saturated carbocycles. The molecule has 2 aromatic rings. The average molecular weight is 446 g/mol. The molecule has 0 spiro atoms. The number of urea groups is 1. The number of primary amides is 1. The van der Waals surface area contributed by atoms with Gasteiger partial charge in [0.05, 0.1) is 0 Å². The molecule has 2 aromatic carbocycles. The lowest BCUT2D eigenvalue weighted by Gasteiger charge is -2.34. The van der Waals surface area contributed by atoms with Crippen molar-refractivity contribution >= 4 is 17.5 Å². The van der Waals surface area contributed by atoms with Crippen LogP contribution in [0.2, 0.25) is 0 Å². The normalized spacial score (nSPS) is 18.8. The van der Waals surface area contributed by atoms with E-state index in [9.17, 15) is 9.59 Å². The lowest BCUT2D eigenvalue weighted by Crippen LogP contribution is -2.43. The van der Waals surface area contributed by atoms with Crippen molar-refractivity contribution in [1.82, 2.24) is 9.80 Å². The predicted octanol–water partition coefficient (Wildman–Crippen LogP) is 4.18. The molecule has 3 aliphatic rings. The highest BCUT2D eigenvalue weighted by Gasteiger charge is 2.28. The van der Waals surface area contributed by atoms with Crippen molar-refractivity contribution in [2.45, 2.75) is 38.7 Å². The van der Waals surface area contributed by atoms with Crippen LogP contribution in [0.5, 0.6) is 5.75 Å². The van der Waals surface area contributed by atoms with Crippen molar-refractivity contribution in [2.75, 3.05) is 26.2 Å². The lowest BCUT2D eigenvalue weighted by molar-refractivity contribution is -0.132. The first-order valence-corrected chi connectivity index (χ1v) is 11.9. The first kappa shape index (κ1) is 21.6. The molecule has 33 heavy (non-hydrogen) atoms. The van der Waals surface area contributed by atoms with Crippen molar-refractivity contribution in [3.63, 3.8) is 0 Å². The molecule has 2 fully saturated rings. The molecule has 3 heterocycles. The van der Waals surface area contributed by atoms with Gasteiger partial charge in [-0.25, -0.2) is 4.79 Å². The maximum absolute atomic E-state index is 13.0. The first-order valence-electron chi connectivity index (χ1n) is 11.9. The summed E-state index contributed by atoms with van der Waals surface area (Å²) < 4.78 is 6.13. The van der Waals surface area contributed by atoms with E-state index in [1.165, 1.54) is 22.3 Å². The second-order valence-corrected chi connectivity index (χ2v) is 9.27. The van der Waals surface area contributed by atoms with Crippen molar-refractivity contribution in [3.05, 3.63) is 70.8 Å². The van der Waals surface area contributed by atoms with Crippen LogP contribution in [0.3, 0.4) is 0 Å². The van der Waals surface area contributed by atoms with Crippen LogP contribution in [0.25, 0.3) is 5.57 Å². The topological polar surface area (TPSA) is 75.9 Å². The number of piperidine rings is 2. The summed E-state index contributed by atoms with van der Waals surface area (Å²) in [7, 11) is 0. The van der Waals surface area contributed by atoms with Crippen LogP contribution >= 0.6 is 0 Å². The van der Waals surface area contributed by atoms with E-state index in [4.69, 9.17) is 10.5 Å². The summed E-state index contributed by atoms with van der Waals surface area (Å²) in [5.41, 5.74) is 11.7. The molecule has 0 bridgehead atoms. The van der Waals surface area contributed by atoms with Gasteiger partial charge >= 0.3 is 6.03 Å². The van der Waals surface area contributed by atoms with E-state index in [1.54, 1.807) is 4.90 Å². The Morgan fingerprint density at radius 1 is 0.879 bits per heavy atom. The first-order chi connectivity index (χ1) is 16.1. The Balaban J connectivity index is 1.30. The summed E-state index contributed by atoms with van der Waals surface area (Å²) in [5, 5.41) is 0. The Bertz CT molecular complexity index is 1030. The summed E-state index contributed by atoms with van der Waals surface area (Å²) in [4.78, 5) is 28.0. The van der Waals surface area contributed by atoms with Crippen LogP contribution in [-0.2, 0) is 11.4 Å². The van der Waals surface area contributed by atoms with Gasteiger partial charge in [0.15, 0.2) is 0 Å². The highest BCUT2D eigenvalue weighted by Crippen LogP contribution is 2.40. The van der Waals surface area contributed by atoms with Crippen LogP contribution in [0.15, 0.2) is 54.1 Å². The Kier molecular flexibility index (Phi) is 6.07. The number of rotatable bonds is 2. The van der Waals surface area contributed by atoms with E-state index in [-0.39, 0.29) is 11.9 Å². The molecule has 3 aliphatic heterocycles. The molecule has 2 N–H and O–H groups in total.